The van der Waals surface area contributed by atoms with E-state index in [-0.39, 0.29) is 5.78 Å². The van der Waals surface area contributed by atoms with Crippen LogP contribution < -0.4 is 10.5 Å². The van der Waals surface area contributed by atoms with Crippen molar-refractivity contribution in [3.8, 4) is 5.75 Å². The molecule has 0 aromatic heterocycles. The van der Waals surface area contributed by atoms with Crippen LogP contribution in [-0.4, -0.2) is 12.4 Å². The third-order valence-corrected chi connectivity index (χ3v) is 2.07. The summed E-state index contributed by atoms with van der Waals surface area (Å²) in [6, 6.07) is 3.64. The third kappa shape index (κ3) is 1.87. The summed E-state index contributed by atoms with van der Waals surface area (Å²) >= 11 is 0. The van der Waals surface area contributed by atoms with Gasteiger partial charge in [0.25, 0.3) is 0 Å². The highest BCUT2D eigenvalue weighted by Crippen LogP contribution is 2.28. The minimum absolute atomic E-state index is 0.0263. The zero-order chi connectivity index (χ0) is 10.7. The van der Waals surface area contributed by atoms with Crippen LogP contribution in [0.4, 0.5) is 5.69 Å². The maximum absolute atomic E-state index is 11.3. The second-order valence-corrected chi connectivity index (χ2v) is 3.16. The average molecular weight is 193 g/mol. The van der Waals surface area contributed by atoms with Gasteiger partial charge < -0.3 is 10.5 Å². The summed E-state index contributed by atoms with van der Waals surface area (Å²) < 4.78 is 5.31. The van der Waals surface area contributed by atoms with E-state index in [0.29, 0.717) is 23.6 Å². The first kappa shape index (κ1) is 10.6. The lowest BCUT2D eigenvalue weighted by Gasteiger charge is -2.11. The molecular weight excluding hydrogens is 178 g/mol. The predicted octanol–water partition coefficient (Wildman–Crippen LogP) is 2.18. The second kappa shape index (κ2) is 4.13. The van der Waals surface area contributed by atoms with Crippen molar-refractivity contribution in [2.45, 2.75) is 20.8 Å². The van der Waals surface area contributed by atoms with Gasteiger partial charge in [-0.25, -0.2) is 0 Å². The summed E-state index contributed by atoms with van der Waals surface area (Å²) in [6.45, 7) is 5.80. The summed E-state index contributed by atoms with van der Waals surface area (Å²) in [5.74, 6) is 0.560. The summed E-state index contributed by atoms with van der Waals surface area (Å²) in [7, 11) is 0. The molecule has 0 spiro atoms. The fraction of sp³-hybridized carbons (Fsp3) is 0.364. The van der Waals surface area contributed by atoms with E-state index in [2.05, 4.69) is 0 Å². The highest BCUT2D eigenvalue weighted by atomic mass is 16.5. The van der Waals surface area contributed by atoms with E-state index in [9.17, 15) is 4.79 Å². The molecule has 0 heterocycles. The summed E-state index contributed by atoms with van der Waals surface area (Å²) in [5.41, 5.74) is 7.72. The Morgan fingerprint density at radius 2 is 2.14 bits per heavy atom. The molecule has 0 unspecified atom stereocenters. The van der Waals surface area contributed by atoms with E-state index in [1.807, 2.05) is 19.9 Å². The number of hydrogen-bond donors (Lipinski definition) is 1. The number of benzene rings is 1. The number of Topliss-reactive ketones (excluding diaryl/α,β-unsaturated/α-hetero) is 1. The van der Waals surface area contributed by atoms with Gasteiger partial charge in [0.15, 0.2) is 5.78 Å². The lowest BCUT2D eigenvalue weighted by Crippen LogP contribution is -2.05. The van der Waals surface area contributed by atoms with Gasteiger partial charge in [0, 0.05) is 5.56 Å². The molecular formula is C11H15NO2. The Hall–Kier alpha value is -1.51. The zero-order valence-electron chi connectivity index (χ0n) is 8.76. The number of hydrogen-bond acceptors (Lipinski definition) is 3. The van der Waals surface area contributed by atoms with Crippen LogP contribution in [-0.2, 0) is 0 Å². The van der Waals surface area contributed by atoms with Gasteiger partial charge in [-0.05, 0) is 32.4 Å². The molecule has 0 fully saturated rings. The molecule has 1 aromatic rings. The highest BCUT2D eigenvalue weighted by molar-refractivity contribution is 6.01. The van der Waals surface area contributed by atoms with Gasteiger partial charge in [-0.1, -0.05) is 6.07 Å². The molecule has 0 aliphatic carbocycles. The lowest BCUT2D eigenvalue weighted by atomic mass is 10.0. The van der Waals surface area contributed by atoms with Crippen molar-refractivity contribution < 1.29 is 9.53 Å². The van der Waals surface area contributed by atoms with Gasteiger partial charge in [0.05, 0.1) is 12.3 Å². The average Bonchev–Trinajstić information content (AvgIpc) is 2.10. The van der Waals surface area contributed by atoms with Crippen molar-refractivity contribution in [2.75, 3.05) is 12.3 Å². The molecule has 0 saturated heterocycles. The van der Waals surface area contributed by atoms with Crippen molar-refractivity contribution in [2.24, 2.45) is 0 Å². The SMILES string of the molecule is CCOc1ccc(C)c(C(C)=O)c1N. The number of ether oxygens (including phenoxy) is 1. The van der Waals surface area contributed by atoms with E-state index in [1.54, 1.807) is 6.07 Å². The fourth-order valence-electron chi connectivity index (χ4n) is 1.46. The van der Waals surface area contributed by atoms with Crippen molar-refractivity contribution in [1.82, 2.24) is 0 Å². The Morgan fingerprint density at radius 3 is 2.64 bits per heavy atom. The summed E-state index contributed by atoms with van der Waals surface area (Å²) in [5, 5.41) is 0. The summed E-state index contributed by atoms with van der Waals surface area (Å²) in [4.78, 5) is 11.3. The number of ketones is 1. The van der Waals surface area contributed by atoms with Gasteiger partial charge in [0.2, 0.25) is 0 Å². The molecule has 76 valence electrons. The molecule has 0 amide bonds. The molecule has 0 saturated carbocycles. The standard InChI is InChI=1S/C11H15NO2/c1-4-14-9-6-5-7(2)10(8(3)13)11(9)12/h5-6H,4,12H2,1-3H3. The van der Waals surface area contributed by atoms with Crippen LogP contribution in [0, 0.1) is 6.92 Å². The molecule has 2 N–H and O–H groups in total. The van der Waals surface area contributed by atoms with Crippen molar-refractivity contribution in [3.63, 3.8) is 0 Å². The van der Waals surface area contributed by atoms with Crippen molar-refractivity contribution >= 4 is 11.5 Å². The van der Waals surface area contributed by atoms with Crippen LogP contribution >= 0.6 is 0 Å². The van der Waals surface area contributed by atoms with Gasteiger partial charge in [0.1, 0.15) is 5.75 Å². The Kier molecular flexibility index (Phi) is 3.12. The van der Waals surface area contributed by atoms with Crippen LogP contribution in [0.2, 0.25) is 0 Å². The van der Waals surface area contributed by atoms with E-state index >= 15 is 0 Å². The number of nitrogens with two attached hydrogens (primary N) is 1. The normalized spacial score (nSPS) is 9.93. The van der Waals surface area contributed by atoms with Crippen LogP contribution in [0.3, 0.4) is 0 Å². The molecule has 14 heavy (non-hydrogen) atoms. The summed E-state index contributed by atoms with van der Waals surface area (Å²) in [6.07, 6.45) is 0. The quantitative estimate of drug-likeness (QED) is 0.591. The molecule has 0 aliphatic rings. The molecule has 0 atom stereocenters. The Balaban J connectivity index is 3.26. The van der Waals surface area contributed by atoms with Gasteiger partial charge in [-0.3, -0.25) is 4.79 Å². The Morgan fingerprint density at radius 1 is 1.50 bits per heavy atom. The number of nitrogen functional groups attached to an aromatic ring is 1. The number of aryl methyl sites for hydroxylation is 1. The molecule has 0 aliphatic heterocycles. The van der Waals surface area contributed by atoms with E-state index in [1.165, 1.54) is 6.92 Å². The van der Waals surface area contributed by atoms with E-state index < -0.39 is 0 Å². The van der Waals surface area contributed by atoms with E-state index in [0.717, 1.165) is 5.56 Å². The van der Waals surface area contributed by atoms with Crippen LogP contribution in [0.5, 0.6) is 5.75 Å². The van der Waals surface area contributed by atoms with Gasteiger partial charge in [-0.2, -0.15) is 0 Å². The van der Waals surface area contributed by atoms with Crippen LogP contribution in [0.25, 0.3) is 0 Å². The molecule has 0 bridgehead atoms. The van der Waals surface area contributed by atoms with E-state index in [4.69, 9.17) is 10.5 Å². The Bertz CT molecular complexity index is 359. The molecule has 3 nitrogen and oxygen atoms in total. The molecule has 1 aromatic carbocycles. The number of anilines is 1. The first-order valence-electron chi connectivity index (χ1n) is 4.60. The Labute approximate surface area is 83.9 Å². The van der Waals surface area contributed by atoms with Crippen molar-refractivity contribution in [3.05, 3.63) is 23.3 Å². The smallest absolute Gasteiger partial charge is 0.162 e. The predicted molar refractivity (Wildman–Crippen MR) is 56.8 cm³/mol. The van der Waals surface area contributed by atoms with Gasteiger partial charge >= 0.3 is 0 Å². The lowest BCUT2D eigenvalue weighted by molar-refractivity contribution is 0.101. The zero-order valence-corrected chi connectivity index (χ0v) is 8.76. The van der Waals surface area contributed by atoms with Crippen LogP contribution in [0.15, 0.2) is 12.1 Å². The number of carbonyl (C=O) groups is 1. The first-order chi connectivity index (χ1) is 6.57. The molecule has 3 heteroatoms. The number of carbonyl (C=O) groups excluding carboxylic acids is 1. The first-order valence-corrected chi connectivity index (χ1v) is 4.60. The minimum Gasteiger partial charge on any atom is -0.492 e. The van der Waals surface area contributed by atoms with Crippen molar-refractivity contribution in [1.29, 1.82) is 0 Å². The second-order valence-electron chi connectivity index (χ2n) is 3.16. The minimum atomic E-state index is -0.0263. The molecule has 0 radical (unpaired) electrons. The third-order valence-electron chi connectivity index (χ3n) is 2.07. The van der Waals surface area contributed by atoms with Gasteiger partial charge in [-0.15, -0.1) is 0 Å². The maximum atomic E-state index is 11.3. The van der Waals surface area contributed by atoms with Crippen LogP contribution in [0.1, 0.15) is 29.8 Å². The highest BCUT2D eigenvalue weighted by Gasteiger charge is 2.12. The largest absolute Gasteiger partial charge is 0.492 e. The fourth-order valence-corrected chi connectivity index (χ4v) is 1.46. The topological polar surface area (TPSA) is 52.3 Å². The monoisotopic (exact) mass is 193 g/mol. The maximum Gasteiger partial charge on any atom is 0.162 e. The number of rotatable bonds is 3. The molecule has 1 rings (SSSR count).